The van der Waals surface area contributed by atoms with Crippen LogP contribution in [0.1, 0.15) is 89.1 Å². The third-order valence-corrected chi connectivity index (χ3v) is 10.9. The van der Waals surface area contributed by atoms with Crippen LogP contribution in [0.3, 0.4) is 0 Å². The zero-order valence-corrected chi connectivity index (χ0v) is 38.9. The second-order valence-corrected chi connectivity index (χ2v) is 18.9. The molecule has 1 N–H and O–H groups in total. The Labute approximate surface area is 376 Å². The summed E-state index contributed by atoms with van der Waals surface area (Å²) in [5.74, 6) is 0. The Balaban J connectivity index is 0.000000216. The molecule has 320 valence electrons. The lowest BCUT2D eigenvalue weighted by molar-refractivity contribution is 0.000926. The molecular formula is C46H57Cl5N4O4. The molecule has 2 aliphatic heterocycles. The minimum atomic E-state index is -0.493. The summed E-state index contributed by atoms with van der Waals surface area (Å²) in [5.41, 5.74) is 3.48. The summed E-state index contributed by atoms with van der Waals surface area (Å²) < 4.78 is 10.8. The molecule has 2 fully saturated rings. The SMILES string of the molecule is CC1CN(C(=O)OC(C)(C)C)CCN1.CC1CN(C(=O)OC(C)(C)C)CCN1C(c1ccc(Cl)cc1)c1ccc(Cl)cc1.Clc1ccc(C(Cl)c2ccc(Cl)cc2)cc1. The quantitative estimate of drug-likeness (QED) is 0.201. The summed E-state index contributed by atoms with van der Waals surface area (Å²) in [5, 5.41) is 5.96. The number of ether oxygens (including phenoxy) is 2. The molecule has 0 aliphatic carbocycles. The topological polar surface area (TPSA) is 74.3 Å². The predicted molar refractivity (Wildman–Crippen MR) is 245 cm³/mol. The third kappa shape index (κ3) is 16.0. The van der Waals surface area contributed by atoms with Gasteiger partial charge in [-0.15, -0.1) is 11.6 Å². The van der Waals surface area contributed by atoms with Crippen molar-refractivity contribution in [2.75, 3.05) is 39.3 Å². The Bertz CT molecular complexity index is 1830. The van der Waals surface area contributed by atoms with Crippen molar-refractivity contribution in [1.29, 1.82) is 0 Å². The van der Waals surface area contributed by atoms with E-state index in [4.69, 9.17) is 67.5 Å². The van der Waals surface area contributed by atoms with Crippen molar-refractivity contribution < 1.29 is 19.1 Å². The van der Waals surface area contributed by atoms with Gasteiger partial charge in [-0.05, 0) is 126 Å². The second kappa shape index (κ2) is 22.1. The van der Waals surface area contributed by atoms with E-state index in [0.717, 1.165) is 48.4 Å². The fourth-order valence-corrected chi connectivity index (χ4v) is 7.39. The summed E-state index contributed by atoms with van der Waals surface area (Å²) in [4.78, 5) is 30.1. The molecule has 2 heterocycles. The van der Waals surface area contributed by atoms with E-state index in [1.54, 1.807) is 9.80 Å². The van der Waals surface area contributed by atoms with Gasteiger partial charge in [-0.3, -0.25) is 4.90 Å². The lowest BCUT2D eigenvalue weighted by atomic mass is 9.95. The first-order valence-corrected chi connectivity index (χ1v) is 21.7. The van der Waals surface area contributed by atoms with Gasteiger partial charge in [-0.2, -0.15) is 0 Å². The number of benzene rings is 4. The molecule has 13 heteroatoms. The van der Waals surface area contributed by atoms with E-state index in [1.807, 2.05) is 114 Å². The van der Waals surface area contributed by atoms with Crippen LogP contribution in [0.15, 0.2) is 97.1 Å². The molecule has 0 bridgehead atoms. The number of halogens is 5. The smallest absolute Gasteiger partial charge is 0.410 e. The van der Waals surface area contributed by atoms with Crippen LogP contribution >= 0.6 is 58.0 Å². The molecule has 0 saturated carbocycles. The number of carbonyl (C=O) groups is 2. The number of rotatable bonds is 5. The van der Waals surface area contributed by atoms with Crippen LogP contribution in [0.4, 0.5) is 9.59 Å². The zero-order valence-electron chi connectivity index (χ0n) is 35.2. The van der Waals surface area contributed by atoms with Crippen molar-refractivity contribution in [2.24, 2.45) is 0 Å². The van der Waals surface area contributed by atoms with E-state index in [1.165, 1.54) is 0 Å². The molecule has 2 aliphatic rings. The van der Waals surface area contributed by atoms with E-state index >= 15 is 0 Å². The summed E-state index contributed by atoms with van der Waals surface area (Å²) in [6.07, 6.45) is -0.454. The first kappa shape index (κ1) is 48.5. The minimum Gasteiger partial charge on any atom is -0.444 e. The maximum Gasteiger partial charge on any atom is 0.410 e. The number of nitrogens with zero attached hydrogens (tertiary/aromatic N) is 3. The Morgan fingerprint density at radius 2 is 0.932 bits per heavy atom. The van der Waals surface area contributed by atoms with Gasteiger partial charge >= 0.3 is 12.2 Å². The second-order valence-electron chi connectivity index (χ2n) is 16.8. The predicted octanol–water partition coefficient (Wildman–Crippen LogP) is 12.6. The van der Waals surface area contributed by atoms with E-state index in [9.17, 15) is 9.59 Å². The molecule has 2 unspecified atom stereocenters. The van der Waals surface area contributed by atoms with Gasteiger partial charge in [-0.25, -0.2) is 9.59 Å². The van der Waals surface area contributed by atoms with Gasteiger partial charge in [0.25, 0.3) is 0 Å². The Morgan fingerprint density at radius 3 is 1.27 bits per heavy atom. The molecule has 2 amide bonds. The molecule has 0 spiro atoms. The van der Waals surface area contributed by atoms with Crippen LogP contribution in [-0.4, -0.2) is 89.4 Å². The highest BCUT2D eigenvalue weighted by Crippen LogP contribution is 2.34. The number of nitrogens with one attached hydrogen (secondary N) is 1. The van der Waals surface area contributed by atoms with Crippen LogP contribution in [0.25, 0.3) is 0 Å². The van der Waals surface area contributed by atoms with Crippen LogP contribution in [-0.2, 0) is 9.47 Å². The number of alkyl halides is 1. The van der Waals surface area contributed by atoms with Crippen LogP contribution in [0.2, 0.25) is 20.1 Å². The normalized spacial score (nSPS) is 17.4. The van der Waals surface area contributed by atoms with E-state index in [-0.39, 0.29) is 29.6 Å². The molecule has 2 atom stereocenters. The molecule has 2 saturated heterocycles. The lowest BCUT2D eigenvalue weighted by Crippen LogP contribution is -2.55. The first-order chi connectivity index (χ1) is 27.7. The summed E-state index contributed by atoms with van der Waals surface area (Å²) in [7, 11) is 0. The van der Waals surface area contributed by atoms with E-state index in [0.29, 0.717) is 39.2 Å². The molecule has 4 aromatic rings. The Hall–Kier alpha value is -3.21. The molecule has 0 radical (unpaired) electrons. The van der Waals surface area contributed by atoms with Crippen molar-refractivity contribution in [3.8, 4) is 0 Å². The van der Waals surface area contributed by atoms with Gasteiger partial charge in [-0.1, -0.05) is 94.9 Å². The van der Waals surface area contributed by atoms with Crippen molar-refractivity contribution in [3.63, 3.8) is 0 Å². The summed E-state index contributed by atoms with van der Waals surface area (Å²) in [6.45, 7) is 19.8. The van der Waals surface area contributed by atoms with Crippen LogP contribution in [0.5, 0.6) is 0 Å². The molecule has 59 heavy (non-hydrogen) atoms. The maximum atomic E-state index is 12.5. The number of amides is 2. The van der Waals surface area contributed by atoms with Gasteiger partial charge in [0.2, 0.25) is 0 Å². The fraction of sp³-hybridized carbons (Fsp3) is 0.435. The Morgan fingerprint density at radius 1 is 0.576 bits per heavy atom. The highest BCUT2D eigenvalue weighted by molar-refractivity contribution is 6.31. The molecule has 8 nitrogen and oxygen atoms in total. The highest BCUT2D eigenvalue weighted by Gasteiger charge is 2.34. The van der Waals surface area contributed by atoms with E-state index in [2.05, 4.69) is 48.3 Å². The van der Waals surface area contributed by atoms with Crippen molar-refractivity contribution in [3.05, 3.63) is 139 Å². The number of piperazine rings is 2. The molecule has 4 aromatic carbocycles. The van der Waals surface area contributed by atoms with Gasteiger partial charge in [0.05, 0.1) is 11.4 Å². The van der Waals surface area contributed by atoms with E-state index < -0.39 is 11.2 Å². The number of carbonyl (C=O) groups excluding carboxylic acids is 2. The van der Waals surface area contributed by atoms with Gasteiger partial charge in [0.1, 0.15) is 11.2 Å². The minimum absolute atomic E-state index is 0.0559. The van der Waals surface area contributed by atoms with Crippen molar-refractivity contribution >= 4 is 70.2 Å². The van der Waals surface area contributed by atoms with Crippen LogP contribution < -0.4 is 5.32 Å². The van der Waals surface area contributed by atoms with Crippen molar-refractivity contribution in [2.45, 2.75) is 90.1 Å². The molecular weight excluding hydrogens is 850 g/mol. The van der Waals surface area contributed by atoms with Gasteiger partial charge in [0, 0.05) is 71.4 Å². The Kier molecular flexibility index (Phi) is 18.1. The average molecular weight is 907 g/mol. The molecule has 6 rings (SSSR count). The van der Waals surface area contributed by atoms with Gasteiger partial charge < -0.3 is 24.6 Å². The number of hydrogen-bond donors (Lipinski definition) is 1. The monoisotopic (exact) mass is 904 g/mol. The summed E-state index contributed by atoms with van der Waals surface area (Å²) >= 11 is 30.2. The largest absolute Gasteiger partial charge is 0.444 e. The average Bonchev–Trinajstić information content (AvgIpc) is 3.16. The maximum absolute atomic E-state index is 12.5. The zero-order chi connectivity index (χ0) is 43.5. The third-order valence-electron chi connectivity index (χ3n) is 9.38. The molecule has 0 aromatic heterocycles. The van der Waals surface area contributed by atoms with Crippen LogP contribution in [0, 0.1) is 0 Å². The van der Waals surface area contributed by atoms with Gasteiger partial charge in [0.15, 0.2) is 0 Å². The fourth-order valence-electron chi connectivity index (χ4n) is 6.59. The standard InChI is InChI=1S/C23H28Cl2N2O2.C13H9Cl3.C10H20N2O2/c1-16-15-26(22(28)29-23(2,3)4)13-14-27(16)21(17-5-9-19(24)10-6-17)18-7-11-20(25)12-8-18;14-11-5-1-9(2-6-11)13(16)10-3-7-12(15)8-4-10;1-8-7-12(6-5-11-8)9(13)14-10(2,3)4/h5-12,16,21H,13-15H2,1-4H3;1-8,13H;8,11H,5-7H2,1-4H3. The number of hydrogen-bond acceptors (Lipinski definition) is 6. The van der Waals surface area contributed by atoms with Crippen molar-refractivity contribution in [1.82, 2.24) is 20.0 Å². The summed E-state index contributed by atoms with van der Waals surface area (Å²) in [6, 6.07) is 31.5. The lowest BCUT2D eigenvalue weighted by Gasteiger charge is -2.44. The highest BCUT2D eigenvalue weighted by atomic mass is 35.5. The first-order valence-electron chi connectivity index (χ1n) is 19.8.